The monoisotopic (exact) mass is 222 g/mol. The molecule has 16 heavy (non-hydrogen) atoms. The lowest BCUT2D eigenvalue weighted by Gasteiger charge is -2.23. The minimum Gasteiger partial charge on any atom is -0.334 e. The van der Waals surface area contributed by atoms with E-state index in [1.165, 1.54) is 0 Å². The molecule has 0 rings (SSSR count). The summed E-state index contributed by atoms with van der Waals surface area (Å²) in [6.07, 6.45) is 0. The molecule has 3 nitrogen and oxygen atoms in total. The van der Waals surface area contributed by atoms with Crippen molar-refractivity contribution in [3.8, 4) is 0 Å². The number of amides is 2. The molecule has 0 aromatic rings. The summed E-state index contributed by atoms with van der Waals surface area (Å²) < 4.78 is 0. The third-order valence-electron chi connectivity index (χ3n) is 1.75. The molecule has 0 saturated heterocycles. The molecule has 0 bridgehead atoms. The predicted octanol–water partition coefficient (Wildman–Crippen LogP) is 2.73. The van der Waals surface area contributed by atoms with Crippen LogP contribution < -0.4 is 5.32 Å². The summed E-state index contributed by atoms with van der Waals surface area (Å²) in [6.45, 7) is 18.6. The molecule has 2 amide bonds. The zero-order valence-electron chi connectivity index (χ0n) is 10.6. The molecule has 0 aliphatic rings. The van der Waals surface area contributed by atoms with Crippen molar-refractivity contribution in [2.24, 2.45) is 0 Å². The van der Waals surface area contributed by atoms with Crippen LogP contribution in [0, 0.1) is 0 Å². The molecule has 1 N–H and O–H groups in total. The normalized spacial score (nSPS) is 9.44. The highest BCUT2D eigenvalue weighted by molar-refractivity contribution is 5.75. The average Bonchev–Trinajstić information content (AvgIpc) is 2.11. The second-order valence-corrected chi connectivity index (χ2v) is 4.39. The second-order valence-electron chi connectivity index (χ2n) is 4.39. The molecular weight excluding hydrogens is 200 g/mol. The van der Waals surface area contributed by atoms with Gasteiger partial charge in [0.15, 0.2) is 0 Å². The Labute approximate surface area is 98.5 Å². The summed E-state index contributed by atoms with van der Waals surface area (Å²) in [5.41, 5.74) is 2.83. The van der Waals surface area contributed by atoms with Crippen molar-refractivity contribution in [2.75, 3.05) is 19.6 Å². The number of urea groups is 1. The zero-order valence-corrected chi connectivity index (χ0v) is 10.6. The average molecular weight is 222 g/mol. The Bertz CT molecular complexity index is 289. The smallest absolute Gasteiger partial charge is 0.318 e. The molecule has 0 spiro atoms. The standard InChI is InChI=1S/C13H22N2O/c1-10(2)7-14-13(16)15(8-11(3)4)9-12(5)6/h1,3,5,7-9H2,2,4,6H3,(H,14,16). The Hall–Kier alpha value is -1.51. The van der Waals surface area contributed by atoms with Crippen molar-refractivity contribution in [3.05, 3.63) is 36.5 Å². The van der Waals surface area contributed by atoms with Gasteiger partial charge in [-0.15, -0.1) is 0 Å². The Kier molecular flexibility index (Phi) is 6.23. The lowest BCUT2D eigenvalue weighted by Crippen LogP contribution is -2.42. The number of carbonyl (C=O) groups excluding carboxylic acids is 1. The SMILES string of the molecule is C=C(C)CNC(=O)N(CC(=C)C)CC(=C)C. The molecule has 0 aromatic heterocycles. The fourth-order valence-corrected chi connectivity index (χ4v) is 1.19. The van der Waals surface area contributed by atoms with E-state index in [4.69, 9.17) is 0 Å². The largest absolute Gasteiger partial charge is 0.334 e. The van der Waals surface area contributed by atoms with Crippen molar-refractivity contribution < 1.29 is 4.79 Å². The molecule has 0 radical (unpaired) electrons. The fourth-order valence-electron chi connectivity index (χ4n) is 1.19. The van der Waals surface area contributed by atoms with E-state index in [1.807, 2.05) is 20.8 Å². The molecule has 0 aromatic carbocycles. The van der Waals surface area contributed by atoms with Gasteiger partial charge in [-0.05, 0) is 20.8 Å². The first-order valence-corrected chi connectivity index (χ1v) is 5.29. The highest BCUT2D eigenvalue weighted by atomic mass is 16.2. The summed E-state index contributed by atoms with van der Waals surface area (Å²) in [7, 11) is 0. The van der Waals surface area contributed by atoms with Crippen molar-refractivity contribution in [2.45, 2.75) is 20.8 Å². The van der Waals surface area contributed by atoms with E-state index in [0.717, 1.165) is 16.7 Å². The first kappa shape index (κ1) is 14.5. The van der Waals surface area contributed by atoms with Gasteiger partial charge in [0.2, 0.25) is 0 Å². The van der Waals surface area contributed by atoms with Gasteiger partial charge in [0.25, 0.3) is 0 Å². The molecule has 3 heteroatoms. The van der Waals surface area contributed by atoms with Gasteiger partial charge in [-0.3, -0.25) is 0 Å². The number of hydrogen-bond donors (Lipinski definition) is 1. The predicted molar refractivity (Wildman–Crippen MR) is 69.4 cm³/mol. The first-order chi connectivity index (χ1) is 7.32. The maximum Gasteiger partial charge on any atom is 0.318 e. The van der Waals surface area contributed by atoms with Crippen LogP contribution in [0.15, 0.2) is 36.5 Å². The van der Waals surface area contributed by atoms with Crippen molar-refractivity contribution in [1.29, 1.82) is 0 Å². The maximum atomic E-state index is 11.8. The number of nitrogens with zero attached hydrogens (tertiary/aromatic N) is 1. The summed E-state index contributed by atoms with van der Waals surface area (Å²) in [5.74, 6) is 0. The molecule has 90 valence electrons. The van der Waals surface area contributed by atoms with Crippen LogP contribution in [0.3, 0.4) is 0 Å². The van der Waals surface area contributed by atoms with Gasteiger partial charge in [-0.25, -0.2) is 4.79 Å². The van der Waals surface area contributed by atoms with Gasteiger partial charge in [0, 0.05) is 19.6 Å². The molecular formula is C13H22N2O. The summed E-state index contributed by atoms with van der Waals surface area (Å²) in [5, 5.41) is 2.80. The number of rotatable bonds is 6. The first-order valence-electron chi connectivity index (χ1n) is 5.29. The van der Waals surface area contributed by atoms with Crippen LogP contribution in [0.4, 0.5) is 4.79 Å². The highest BCUT2D eigenvalue weighted by Crippen LogP contribution is 2.01. The Morgan fingerprint density at radius 3 is 1.75 bits per heavy atom. The molecule has 0 aliphatic heterocycles. The zero-order chi connectivity index (χ0) is 12.7. The van der Waals surface area contributed by atoms with E-state index in [9.17, 15) is 4.79 Å². The molecule has 0 saturated carbocycles. The van der Waals surface area contributed by atoms with Gasteiger partial charge in [0.05, 0.1) is 0 Å². The number of carbonyl (C=O) groups is 1. The Morgan fingerprint density at radius 1 is 1.00 bits per heavy atom. The van der Waals surface area contributed by atoms with Crippen LogP contribution in [0.2, 0.25) is 0 Å². The van der Waals surface area contributed by atoms with E-state index in [1.54, 1.807) is 4.90 Å². The van der Waals surface area contributed by atoms with Gasteiger partial charge in [-0.2, -0.15) is 0 Å². The summed E-state index contributed by atoms with van der Waals surface area (Å²) in [4.78, 5) is 13.5. The lowest BCUT2D eigenvalue weighted by atomic mass is 10.2. The topological polar surface area (TPSA) is 32.3 Å². The highest BCUT2D eigenvalue weighted by Gasteiger charge is 2.12. The van der Waals surface area contributed by atoms with E-state index >= 15 is 0 Å². The Balaban J connectivity index is 4.36. The van der Waals surface area contributed by atoms with Crippen LogP contribution >= 0.6 is 0 Å². The second kappa shape index (κ2) is 6.88. The quantitative estimate of drug-likeness (QED) is 0.689. The van der Waals surface area contributed by atoms with Gasteiger partial charge < -0.3 is 10.2 Å². The van der Waals surface area contributed by atoms with Gasteiger partial charge in [0.1, 0.15) is 0 Å². The van der Waals surface area contributed by atoms with E-state index < -0.39 is 0 Å². The van der Waals surface area contributed by atoms with Crippen LogP contribution in [-0.2, 0) is 0 Å². The molecule has 0 aliphatic carbocycles. The number of hydrogen-bond acceptors (Lipinski definition) is 1. The molecule has 0 fully saturated rings. The third-order valence-corrected chi connectivity index (χ3v) is 1.75. The van der Waals surface area contributed by atoms with Crippen molar-refractivity contribution in [1.82, 2.24) is 10.2 Å². The minimum absolute atomic E-state index is 0.103. The van der Waals surface area contributed by atoms with Crippen LogP contribution in [-0.4, -0.2) is 30.6 Å². The fraction of sp³-hybridized carbons (Fsp3) is 0.462. The van der Waals surface area contributed by atoms with Crippen LogP contribution in [0.1, 0.15) is 20.8 Å². The van der Waals surface area contributed by atoms with Crippen molar-refractivity contribution >= 4 is 6.03 Å². The van der Waals surface area contributed by atoms with Gasteiger partial charge >= 0.3 is 6.03 Å². The summed E-state index contributed by atoms with van der Waals surface area (Å²) >= 11 is 0. The molecule has 0 heterocycles. The third kappa shape index (κ3) is 6.87. The maximum absolute atomic E-state index is 11.8. The van der Waals surface area contributed by atoms with Crippen molar-refractivity contribution in [3.63, 3.8) is 0 Å². The van der Waals surface area contributed by atoms with E-state index in [0.29, 0.717) is 19.6 Å². The molecule has 0 unspecified atom stereocenters. The van der Waals surface area contributed by atoms with E-state index in [2.05, 4.69) is 25.1 Å². The van der Waals surface area contributed by atoms with Crippen LogP contribution in [0.5, 0.6) is 0 Å². The van der Waals surface area contributed by atoms with Crippen LogP contribution in [0.25, 0.3) is 0 Å². The van der Waals surface area contributed by atoms with Gasteiger partial charge in [-0.1, -0.05) is 36.5 Å². The van der Waals surface area contributed by atoms with E-state index in [-0.39, 0.29) is 6.03 Å². The molecule has 0 atom stereocenters. The Morgan fingerprint density at radius 2 is 1.44 bits per heavy atom. The summed E-state index contributed by atoms with van der Waals surface area (Å²) in [6, 6.07) is -0.103. The lowest BCUT2D eigenvalue weighted by molar-refractivity contribution is 0.207. The minimum atomic E-state index is -0.103. The number of nitrogens with one attached hydrogen (secondary N) is 1.